The third kappa shape index (κ3) is 9.12. The minimum absolute atomic E-state index is 0.0535. The summed E-state index contributed by atoms with van der Waals surface area (Å²) in [4.78, 5) is 50.7. The number of aliphatic carboxylic acids is 1. The summed E-state index contributed by atoms with van der Waals surface area (Å²) >= 11 is 0. The van der Waals surface area contributed by atoms with Gasteiger partial charge >= 0.3 is 5.97 Å². The molecule has 1 aliphatic heterocycles. The van der Waals surface area contributed by atoms with E-state index in [1.165, 1.54) is 12.1 Å². The number of phenolic OH excluding ortho intramolecular Hbond substituents is 1. The number of nitrogens with one attached hydrogen (secondary N) is 4. The van der Waals surface area contributed by atoms with Crippen LogP contribution in [0.2, 0.25) is 0 Å². The van der Waals surface area contributed by atoms with Crippen molar-refractivity contribution in [2.75, 3.05) is 13.1 Å². The van der Waals surface area contributed by atoms with Crippen molar-refractivity contribution >= 4 is 23.7 Å². The van der Waals surface area contributed by atoms with Crippen molar-refractivity contribution in [3.63, 3.8) is 0 Å². The summed E-state index contributed by atoms with van der Waals surface area (Å²) in [7, 11) is 0. The van der Waals surface area contributed by atoms with E-state index < -0.39 is 35.9 Å². The molecule has 1 aliphatic rings. The molecule has 0 bridgehead atoms. The number of benzene rings is 1. The molecule has 4 atom stereocenters. The highest BCUT2D eigenvalue weighted by Crippen LogP contribution is 2.13. The smallest absolute Gasteiger partial charge is 0.326 e. The SMILES string of the molecule is CC(C)C(NC(=O)C(Cc1ccc(O)cc1)NC(=O)C(CCCCN)NC(=O)C1CCCN1)C(=O)O. The topological polar surface area (TPSA) is 183 Å². The molecule has 4 unspecified atom stereocenters. The lowest BCUT2D eigenvalue weighted by molar-refractivity contribution is -0.143. The minimum atomic E-state index is -1.18. The maximum absolute atomic E-state index is 13.3. The van der Waals surface area contributed by atoms with E-state index in [0.29, 0.717) is 37.8 Å². The van der Waals surface area contributed by atoms with E-state index in [-0.39, 0.29) is 30.0 Å². The van der Waals surface area contributed by atoms with Gasteiger partial charge in [0.1, 0.15) is 23.9 Å². The van der Waals surface area contributed by atoms with Gasteiger partial charge < -0.3 is 37.2 Å². The van der Waals surface area contributed by atoms with Gasteiger partial charge in [-0.25, -0.2) is 4.79 Å². The number of carboxylic acid groups (broad SMARTS) is 1. The van der Waals surface area contributed by atoms with Crippen LogP contribution in [0, 0.1) is 5.92 Å². The molecule has 8 N–H and O–H groups in total. The Hall–Kier alpha value is -3.18. The number of phenols is 1. The third-order valence-electron chi connectivity index (χ3n) is 6.20. The molecular formula is C25H39N5O6. The molecule has 36 heavy (non-hydrogen) atoms. The standard InChI is InChI=1S/C25H39N5O6/c1-15(2)21(25(35)36)30-24(34)20(14-16-8-10-17(31)11-9-16)29-23(33)19(6-3-4-12-26)28-22(32)18-7-5-13-27-18/h8-11,15,18-21,27,31H,3-7,12-14,26H2,1-2H3,(H,28,32)(H,29,33)(H,30,34)(H,35,36). The predicted molar refractivity (Wildman–Crippen MR) is 134 cm³/mol. The van der Waals surface area contributed by atoms with Gasteiger partial charge in [-0.3, -0.25) is 14.4 Å². The summed E-state index contributed by atoms with van der Waals surface area (Å²) in [6, 6.07) is 2.69. The fourth-order valence-electron chi connectivity index (χ4n) is 4.06. The Kier molecular flexibility index (Phi) is 11.6. The number of nitrogens with two attached hydrogens (primary N) is 1. The van der Waals surface area contributed by atoms with Crippen molar-refractivity contribution in [1.29, 1.82) is 0 Å². The molecule has 0 spiro atoms. The predicted octanol–water partition coefficient (Wildman–Crippen LogP) is 0.0107. The second-order valence-corrected chi connectivity index (χ2v) is 9.49. The number of unbranched alkanes of at least 4 members (excludes halogenated alkanes) is 1. The molecule has 1 heterocycles. The van der Waals surface area contributed by atoms with Crippen molar-refractivity contribution in [1.82, 2.24) is 21.3 Å². The van der Waals surface area contributed by atoms with Crippen LogP contribution in [0.5, 0.6) is 5.75 Å². The molecule has 11 heteroatoms. The van der Waals surface area contributed by atoms with Crippen LogP contribution in [0.1, 0.15) is 51.5 Å². The molecule has 1 aromatic rings. The van der Waals surface area contributed by atoms with Gasteiger partial charge in [0.15, 0.2) is 0 Å². The molecular weight excluding hydrogens is 466 g/mol. The summed E-state index contributed by atoms with van der Waals surface area (Å²) < 4.78 is 0. The lowest BCUT2D eigenvalue weighted by atomic mass is 10.0. The average molecular weight is 506 g/mol. The molecule has 2 rings (SSSR count). The van der Waals surface area contributed by atoms with Crippen LogP contribution in [-0.4, -0.2) is 71.2 Å². The van der Waals surface area contributed by atoms with Crippen molar-refractivity contribution in [3.8, 4) is 5.75 Å². The van der Waals surface area contributed by atoms with Gasteiger partial charge in [-0.1, -0.05) is 26.0 Å². The molecule has 3 amide bonds. The Morgan fingerprint density at radius 2 is 1.69 bits per heavy atom. The second kappa shape index (κ2) is 14.4. The highest BCUT2D eigenvalue weighted by atomic mass is 16.4. The number of carboxylic acids is 1. The largest absolute Gasteiger partial charge is 0.508 e. The number of rotatable bonds is 14. The van der Waals surface area contributed by atoms with Gasteiger partial charge in [-0.15, -0.1) is 0 Å². The number of carbonyl (C=O) groups is 4. The summed E-state index contributed by atoms with van der Waals surface area (Å²) in [5.41, 5.74) is 6.24. The first-order chi connectivity index (χ1) is 17.1. The lowest BCUT2D eigenvalue weighted by Gasteiger charge is -2.26. The fourth-order valence-corrected chi connectivity index (χ4v) is 4.06. The van der Waals surface area contributed by atoms with E-state index >= 15 is 0 Å². The summed E-state index contributed by atoms with van der Waals surface area (Å²) in [6.07, 6.45) is 3.25. The zero-order chi connectivity index (χ0) is 26.7. The van der Waals surface area contributed by atoms with E-state index in [2.05, 4.69) is 21.3 Å². The van der Waals surface area contributed by atoms with Gasteiger partial charge in [0, 0.05) is 6.42 Å². The highest BCUT2D eigenvalue weighted by molar-refractivity contribution is 5.94. The molecule has 1 saturated heterocycles. The maximum Gasteiger partial charge on any atom is 0.326 e. The molecule has 0 aliphatic carbocycles. The zero-order valence-electron chi connectivity index (χ0n) is 21.0. The van der Waals surface area contributed by atoms with Crippen LogP contribution >= 0.6 is 0 Å². The van der Waals surface area contributed by atoms with Crippen LogP contribution in [0.3, 0.4) is 0 Å². The zero-order valence-corrected chi connectivity index (χ0v) is 21.0. The molecule has 1 aromatic carbocycles. The van der Waals surface area contributed by atoms with Crippen LogP contribution < -0.4 is 27.0 Å². The van der Waals surface area contributed by atoms with Crippen LogP contribution in [0.15, 0.2) is 24.3 Å². The lowest BCUT2D eigenvalue weighted by Crippen LogP contribution is -2.58. The van der Waals surface area contributed by atoms with Gasteiger partial charge in [-0.2, -0.15) is 0 Å². The third-order valence-corrected chi connectivity index (χ3v) is 6.20. The summed E-state index contributed by atoms with van der Waals surface area (Å²) in [5.74, 6) is -2.96. The fraction of sp³-hybridized carbons (Fsp3) is 0.600. The van der Waals surface area contributed by atoms with Gasteiger partial charge in [0.05, 0.1) is 6.04 Å². The maximum atomic E-state index is 13.3. The first-order valence-corrected chi connectivity index (χ1v) is 12.5. The summed E-state index contributed by atoms with van der Waals surface area (Å²) in [6.45, 7) is 4.53. The first kappa shape index (κ1) is 29.1. The number of carbonyl (C=O) groups excluding carboxylic acids is 3. The molecule has 11 nitrogen and oxygen atoms in total. The van der Waals surface area contributed by atoms with Crippen molar-refractivity contribution in [2.45, 2.75) is 76.5 Å². The second-order valence-electron chi connectivity index (χ2n) is 9.49. The normalized spacial score (nSPS) is 17.7. The number of hydrogen-bond donors (Lipinski definition) is 7. The molecule has 0 aromatic heterocycles. The quantitative estimate of drug-likeness (QED) is 0.173. The van der Waals surface area contributed by atoms with Gasteiger partial charge in [0.25, 0.3) is 0 Å². The Morgan fingerprint density at radius 3 is 2.25 bits per heavy atom. The molecule has 0 saturated carbocycles. The van der Waals surface area contributed by atoms with Crippen LogP contribution in [0.25, 0.3) is 0 Å². The van der Waals surface area contributed by atoms with E-state index in [9.17, 15) is 29.4 Å². The number of aromatic hydroxyl groups is 1. The Balaban J connectivity index is 2.21. The Morgan fingerprint density at radius 1 is 1.03 bits per heavy atom. The number of hydrogen-bond acceptors (Lipinski definition) is 7. The van der Waals surface area contributed by atoms with E-state index in [0.717, 1.165) is 13.0 Å². The molecule has 1 fully saturated rings. The molecule has 200 valence electrons. The Bertz CT molecular complexity index is 885. The van der Waals surface area contributed by atoms with Crippen LogP contribution in [0.4, 0.5) is 0 Å². The highest BCUT2D eigenvalue weighted by Gasteiger charge is 2.32. The summed E-state index contributed by atoms with van der Waals surface area (Å²) in [5, 5.41) is 30.2. The Labute approximate surface area is 211 Å². The van der Waals surface area contributed by atoms with Gasteiger partial charge in [0.2, 0.25) is 17.7 Å². The monoisotopic (exact) mass is 505 g/mol. The first-order valence-electron chi connectivity index (χ1n) is 12.5. The van der Waals surface area contributed by atoms with Gasteiger partial charge in [-0.05, 0) is 68.8 Å². The number of amides is 3. The van der Waals surface area contributed by atoms with E-state index in [1.807, 2.05) is 0 Å². The van der Waals surface area contributed by atoms with Crippen molar-refractivity contribution in [2.24, 2.45) is 11.7 Å². The van der Waals surface area contributed by atoms with Crippen molar-refractivity contribution < 1.29 is 29.4 Å². The van der Waals surface area contributed by atoms with Crippen LogP contribution in [-0.2, 0) is 25.6 Å². The minimum Gasteiger partial charge on any atom is -0.508 e. The van der Waals surface area contributed by atoms with Crippen molar-refractivity contribution in [3.05, 3.63) is 29.8 Å². The van der Waals surface area contributed by atoms with E-state index in [1.54, 1.807) is 26.0 Å². The average Bonchev–Trinajstić information content (AvgIpc) is 3.37. The van der Waals surface area contributed by atoms with E-state index in [4.69, 9.17) is 5.73 Å². The molecule has 0 radical (unpaired) electrons.